The van der Waals surface area contributed by atoms with Gasteiger partial charge in [-0.05, 0) is 56.6 Å². The van der Waals surface area contributed by atoms with E-state index in [1.807, 2.05) is 0 Å². The first-order chi connectivity index (χ1) is 9.39. The molecule has 0 aromatic heterocycles. The molecular weight excluding hydrogens is 273 g/mol. The number of rotatable bonds is 4. The normalized spacial score (nSPS) is 18.8. The van der Waals surface area contributed by atoms with Crippen LogP contribution in [0.1, 0.15) is 25.3 Å². The van der Waals surface area contributed by atoms with Crippen LogP contribution in [0.25, 0.3) is 0 Å². The fraction of sp³-hybridized carbons (Fsp3) is 0.533. The third kappa shape index (κ3) is 3.67. The van der Waals surface area contributed by atoms with Gasteiger partial charge in [-0.15, -0.1) is 0 Å². The van der Waals surface area contributed by atoms with Crippen molar-refractivity contribution >= 4 is 22.9 Å². The van der Waals surface area contributed by atoms with Gasteiger partial charge >= 0.3 is 0 Å². The minimum Gasteiger partial charge on any atom is -0.389 e. The Morgan fingerprint density at radius 2 is 2.10 bits per heavy atom. The molecule has 3 nitrogen and oxygen atoms in total. The molecular formula is C15H22FN3S. The number of likely N-dealkylation sites (tertiary alicyclic amines) is 1. The third-order valence-corrected chi connectivity index (χ3v) is 4.39. The lowest BCUT2D eigenvalue weighted by Gasteiger charge is -2.38. The predicted molar refractivity (Wildman–Crippen MR) is 85.6 cm³/mol. The minimum atomic E-state index is -0.299. The van der Waals surface area contributed by atoms with Crippen LogP contribution in [0.15, 0.2) is 18.2 Å². The van der Waals surface area contributed by atoms with E-state index in [2.05, 4.69) is 24.2 Å². The molecule has 3 N–H and O–H groups in total. The number of nitrogens with one attached hydrogen (secondary N) is 1. The number of nitrogens with zero attached hydrogens (tertiary/aromatic N) is 1. The zero-order chi connectivity index (χ0) is 14.8. The van der Waals surface area contributed by atoms with Crippen LogP contribution in [0.4, 0.5) is 10.1 Å². The van der Waals surface area contributed by atoms with Crippen molar-refractivity contribution in [2.75, 3.05) is 32.0 Å². The van der Waals surface area contributed by atoms with E-state index in [9.17, 15) is 4.39 Å². The molecule has 2 rings (SSSR count). The van der Waals surface area contributed by atoms with Gasteiger partial charge in [-0.25, -0.2) is 4.39 Å². The Bertz CT molecular complexity index is 496. The van der Waals surface area contributed by atoms with E-state index in [1.165, 1.54) is 6.07 Å². The van der Waals surface area contributed by atoms with Crippen LogP contribution >= 0.6 is 12.2 Å². The highest BCUT2D eigenvalue weighted by Crippen LogP contribution is 2.31. The first-order valence-corrected chi connectivity index (χ1v) is 7.32. The van der Waals surface area contributed by atoms with Gasteiger partial charge in [-0.3, -0.25) is 0 Å². The number of hydrogen-bond donors (Lipinski definition) is 2. The van der Waals surface area contributed by atoms with E-state index in [0.717, 1.165) is 32.5 Å². The number of anilines is 1. The summed E-state index contributed by atoms with van der Waals surface area (Å²) in [5.74, 6) is -0.299. The maximum atomic E-state index is 14.0. The fourth-order valence-corrected chi connectivity index (χ4v) is 2.58. The van der Waals surface area contributed by atoms with Crippen LogP contribution in [-0.2, 0) is 0 Å². The van der Waals surface area contributed by atoms with Crippen molar-refractivity contribution in [1.29, 1.82) is 0 Å². The molecule has 0 bridgehead atoms. The molecule has 1 aromatic carbocycles. The number of benzene rings is 1. The van der Waals surface area contributed by atoms with Gasteiger partial charge in [0.2, 0.25) is 0 Å². The summed E-state index contributed by atoms with van der Waals surface area (Å²) < 4.78 is 14.0. The number of nitrogens with two attached hydrogens (primary N) is 1. The highest BCUT2D eigenvalue weighted by Gasteiger charge is 2.28. The zero-order valence-electron chi connectivity index (χ0n) is 12.1. The summed E-state index contributed by atoms with van der Waals surface area (Å²) in [6.45, 7) is 5.24. The van der Waals surface area contributed by atoms with Gasteiger partial charge in [0.1, 0.15) is 10.8 Å². The van der Waals surface area contributed by atoms with Crippen molar-refractivity contribution < 1.29 is 4.39 Å². The largest absolute Gasteiger partial charge is 0.389 e. The second-order valence-electron chi connectivity index (χ2n) is 6.03. The average Bonchev–Trinajstić information content (AvgIpc) is 2.41. The van der Waals surface area contributed by atoms with Crippen molar-refractivity contribution in [2.24, 2.45) is 11.1 Å². The van der Waals surface area contributed by atoms with Crippen molar-refractivity contribution in [3.63, 3.8) is 0 Å². The summed E-state index contributed by atoms with van der Waals surface area (Å²) in [5, 5.41) is 3.23. The van der Waals surface area contributed by atoms with Crippen LogP contribution < -0.4 is 11.1 Å². The van der Waals surface area contributed by atoms with E-state index in [1.54, 1.807) is 12.1 Å². The topological polar surface area (TPSA) is 41.3 Å². The molecule has 1 saturated heterocycles. The molecule has 110 valence electrons. The minimum absolute atomic E-state index is 0.220. The summed E-state index contributed by atoms with van der Waals surface area (Å²) in [6.07, 6.45) is 2.26. The highest BCUT2D eigenvalue weighted by molar-refractivity contribution is 7.80. The molecule has 0 atom stereocenters. The van der Waals surface area contributed by atoms with Gasteiger partial charge in [-0.2, -0.15) is 0 Å². The molecule has 0 unspecified atom stereocenters. The summed E-state index contributed by atoms with van der Waals surface area (Å²) >= 11 is 4.85. The summed E-state index contributed by atoms with van der Waals surface area (Å²) in [6, 6.07) is 4.86. The molecule has 0 saturated carbocycles. The standard InChI is InChI=1S/C15H22FN3S/c1-15(5-7-19(2)8-6-15)10-18-13-4-3-11(14(17)20)9-12(13)16/h3-4,9,18H,5-8,10H2,1-2H3,(H2,17,20). The maximum Gasteiger partial charge on any atom is 0.146 e. The maximum absolute atomic E-state index is 14.0. The molecule has 0 spiro atoms. The number of hydrogen-bond acceptors (Lipinski definition) is 3. The quantitative estimate of drug-likeness (QED) is 0.838. The first-order valence-electron chi connectivity index (χ1n) is 6.91. The monoisotopic (exact) mass is 295 g/mol. The van der Waals surface area contributed by atoms with Gasteiger partial charge in [-0.1, -0.05) is 19.1 Å². The van der Waals surface area contributed by atoms with Gasteiger partial charge in [0.05, 0.1) is 5.69 Å². The van der Waals surface area contributed by atoms with Gasteiger partial charge in [0.15, 0.2) is 0 Å². The Morgan fingerprint density at radius 1 is 1.45 bits per heavy atom. The fourth-order valence-electron chi connectivity index (χ4n) is 2.46. The summed E-state index contributed by atoms with van der Waals surface area (Å²) in [7, 11) is 2.14. The Labute approximate surface area is 125 Å². The second-order valence-corrected chi connectivity index (χ2v) is 6.47. The molecule has 0 amide bonds. The number of piperidine rings is 1. The van der Waals surface area contributed by atoms with E-state index in [-0.39, 0.29) is 16.2 Å². The number of halogens is 1. The Kier molecular flexibility index (Phi) is 4.60. The third-order valence-electron chi connectivity index (χ3n) is 4.15. The Balaban J connectivity index is 1.99. The number of thiocarbonyl (C=S) groups is 1. The molecule has 1 aliphatic rings. The Hall–Kier alpha value is -1.20. The average molecular weight is 295 g/mol. The first kappa shape index (κ1) is 15.2. The van der Waals surface area contributed by atoms with E-state index >= 15 is 0 Å². The Morgan fingerprint density at radius 3 is 2.65 bits per heavy atom. The van der Waals surface area contributed by atoms with E-state index in [0.29, 0.717) is 11.3 Å². The van der Waals surface area contributed by atoms with E-state index < -0.39 is 0 Å². The predicted octanol–water partition coefficient (Wildman–Crippen LogP) is 2.60. The highest BCUT2D eigenvalue weighted by atomic mass is 32.1. The summed E-state index contributed by atoms with van der Waals surface area (Å²) in [4.78, 5) is 2.55. The lowest BCUT2D eigenvalue weighted by atomic mass is 9.80. The van der Waals surface area contributed by atoms with Gasteiger partial charge in [0, 0.05) is 12.1 Å². The van der Waals surface area contributed by atoms with Crippen LogP contribution in [0.3, 0.4) is 0 Å². The molecule has 1 aromatic rings. The van der Waals surface area contributed by atoms with Crippen LogP contribution in [0, 0.1) is 11.2 Å². The molecule has 5 heteroatoms. The van der Waals surface area contributed by atoms with Gasteiger partial charge in [0.25, 0.3) is 0 Å². The van der Waals surface area contributed by atoms with Crippen LogP contribution in [-0.4, -0.2) is 36.6 Å². The van der Waals surface area contributed by atoms with Gasteiger partial charge < -0.3 is 16.0 Å². The lowest BCUT2D eigenvalue weighted by molar-refractivity contribution is 0.150. The molecule has 0 aliphatic carbocycles. The second kappa shape index (κ2) is 6.06. The molecule has 0 radical (unpaired) electrons. The lowest BCUT2D eigenvalue weighted by Crippen LogP contribution is -2.40. The van der Waals surface area contributed by atoms with Crippen molar-refractivity contribution in [2.45, 2.75) is 19.8 Å². The van der Waals surface area contributed by atoms with Crippen LogP contribution in [0.2, 0.25) is 0 Å². The van der Waals surface area contributed by atoms with Crippen LogP contribution in [0.5, 0.6) is 0 Å². The van der Waals surface area contributed by atoms with Crippen molar-refractivity contribution in [3.05, 3.63) is 29.6 Å². The van der Waals surface area contributed by atoms with E-state index in [4.69, 9.17) is 18.0 Å². The van der Waals surface area contributed by atoms with Crippen molar-refractivity contribution in [3.8, 4) is 0 Å². The van der Waals surface area contributed by atoms with Crippen molar-refractivity contribution in [1.82, 2.24) is 4.90 Å². The smallest absolute Gasteiger partial charge is 0.146 e. The zero-order valence-corrected chi connectivity index (χ0v) is 12.9. The molecule has 20 heavy (non-hydrogen) atoms. The molecule has 1 heterocycles. The summed E-state index contributed by atoms with van der Waals surface area (Å²) in [5.41, 5.74) is 6.80. The SMILES string of the molecule is CN1CCC(C)(CNc2ccc(C(N)=S)cc2F)CC1. The molecule has 1 aliphatic heterocycles. The molecule has 1 fully saturated rings.